The van der Waals surface area contributed by atoms with Crippen LogP contribution in [-0.4, -0.2) is 32.8 Å². The fraction of sp³-hybridized carbons (Fsp3) is 0.467. The van der Waals surface area contributed by atoms with Gasteiger partial charge in [-0.3, -0.25) is 4.90 Å². The van der Waals surface area contributed by atoms with E-state index in [1.165, 1.54) is 18.4 Å². The van der Waals surface area contributed by atoms with Crippen LogP contribution in [0.2, 0.25) is 0 Å². The summed E-state index contributed by atoms with van der Waals surface area (Å²) in [4.78, 5) is 2.52. The first kappa shape index (κ1) is 13.8. The molecule has 20 heavy (non-hydrogen) atoms. The second-order valence-electron chi connectivity index (χ2n) is 5.48. The highest BCUT2D eigenvalue weighted by Crippen LogP contribution is 2.26. The van der Waals surface area contributed by atoms with Crippen molar-refractivity contribution in [1.29, 1.82) is 0 Å². The van der Waals surface area contributed by atoms with Crippen LogP contribution in [0.1, 0.15) is 30.1 Å². The van der Waals surface area contributed by atoms with Crippen molar-refractivity contribution in [3.63, 3.8) is 0 Å². The fourth-order valence-corrected chi connectivity index (χ4v) is 3.12. The zero-order valence-electron chi connectivity index (χ0n) is 11.7. The van der Waals surface area contributed by atoms with Crippen molar-refractivity contribution in [3.05, 3.63) is 46.5 Å². The lowest BCUT2D eigenvalue weighted by Crippen LogP contribution is -2.33. The first-order valence-electron chi connectivity index (χ1n) is 7.03. The normalized spacial score (nSPS) is 17.5. The molecule has 0 spiro atoms. The third kappa shape index (κ3) is 3.10. The van der Waals surface area contributed by atoms with Crippen molar-refractivity contribution in [3.8, 4) is 0 Å². The van der Waals surface area contributed by atoms with Gasteiger partial charge in [0.05, 0.1) is 0 Å². The highest BCUT2D eigenvalue weighted by Gasteiger charge is 2.23. The first-order chi connectivity index (χ1) is 9.72. The standard InChI is InChI=1S/C15H19BrN4/c1-19-11-17-18-15(19)13-6-8-20(9-7-13)10-12-2-4-14(16)5-3-12/h2-5,11,13H,6-10H2,1H3. The van der Waals surface area contributed by atoms with E-state index in [-0.39, 0.29) is 0 Å². The van der Waals surface area contributed by atoms with Crippen LogP contribution < -0.4 is 0 Å². The Bertz CT molecular complexity index is 556. The third-order valence-corrected chi connectivity index (χ3v) is 4.55. The van der Waals surface area contributed by atoms with Crippen LogP contribution in [0.4, 0.5) is 0 Å². The summed E-state index contributed by atoms with van der Waals surface area (Å²) in [6, 6.07) is 8.61. The fourth-order valence-electron chi connectivity index (χ4n) is 2.86. The molecule has 0 atom stereocenters. The van der Waals surface area contributed by atoms with Gasteiger partial charge in [-0.2, -0.15) is 0 Å². The molecule has 106 valence electrons. The number of aromatic nitrogens is 3. The summed E-state index contributed by atoms with van der Waals surface area (Å²) in [5.74, 6) is 1.69. The second kappa shape index (κ2) is 6.06. The Balaban J connectivity index is 1.56. The number of rotatable bonds is 3. The molecule has 1 aromatic carbocycles. The Hall–Kier alpha value is -1.20. The van der Waals surface area contributed by atoms with E-state index in [9.17, 15) is 0 Å². The Morgan fingerprint density at radius 1 is 1.20 bits per heavy atom. The number of piperidine rings is 1. The van der Waals surface area contributed by atoms with Gasteiger partial charge >= 0.3 is 0 Å². The molecule has 2 aromatic rings. The number of benzene rings is 1. The summed E-state index contributed by atoms with van der Waals surface area (Å²) in [5, 5.41) is 8.23. The molecule has 0 N–H and O–H groups in total. The molecule has 0 bridgehead atoms. The van der Waals surface area contributed by atoms with Gasteiger partial charge < -0.3 is 4.57 Å². The Morgan fingerprint density at radius 2 is 1.90 bits per heavy atom. The quantitative estimate of drug-likeness (QED) is 0.865. The molecule has 1 saturated heterocycles. The van der Waals surface area contributed by atoms with E-state index in [0.717, 1.165) is 29.9 Å². The van der Waals surface area contributed by atoms with E-state index in [1.54, 1.807) is 6.33 Å². The van der Waals surface area contributed by atoms with Gasteiger partial charge in [0.1, 0.15) is 12.2 Å². The van der Waals surface area contributed by atoms with Crippen molar-refractivity contribution in [2.75, 3.05) is 13.1 Å². The molecule has 1 aliphatic heterocycles. The molecule has 0 aliphatic carbocycles. The van der Waals surface area contributed by atoms with Crippen LogP contribution in [0.3, 0.4) is 0 Å². The number of hydrogen-bond donors (Lipinski definition) is 0. The van der Waals surface area contributed by atoms with Crippen LogP contribution in [0, 0.1) is 0 Å². The van der Waals surface area contributed by atoms with Gasteiger partial charge in [-0.05, 0) is 43.6 Å². The largest absolute Gasteiger partial charge is 0.320 e. The van der Waals surface area contributed by atoms with E-state index in [0.29, 0.717) is 5.92 Å². The van der Waals surface area contributed by atoms with Crippen molar-refractivity contribution in [2.24, 2.45) is 7.05 Å². The van der Waals surface area contributed by atoms with Gasteiger partial charge in [-0.15, -0.1) is 10.2 Å². The highest BCUT2D eigenvalue weighted by molar-refractivity contribution is 9.10. The van der Waals surface area contributed by atoms with Crippen molar-refractivity contribution >= 4 is 15.9 Å². The molecule has 0 radical (unpaired) electrons. The molecule has 2 heterocycles. The molecule has 1 fully saturated rings. The van der Waals surface area contributed by atoms with Gasteiger partial charge in [0.15, 0.2) is 0 Å². The lowest BCUT2D eigenvalue weighted by molar-refractivity contribution is 0.200. The van der Waals surface area contributed by atoms with Crippen LogP contribution in [0.15, 0.2) is 35.1 Å². The van der Waals surface area contributed by atoms with Gasteiger partial charge in [0, 0.05) is 24.0 Å². The number of hydrogen-bond acceptors (Lipinski definition) is 3. The number of halogens is 1. The summed E-state index contributed by atoms with van der Waals surface area (Å²) >= 11 is 3.48. The minimum atomic E-state index is 0.559. The van der Waals surface area contributed by atoms with Gasteiger partial charge in [0.2, 0.25) is 0 Å². The van der Waals surface area contributed by atoms with Crippen LogP contribution in [0.25, 0.3) is 0 Å². The first-order valence-corrected chi connectivity index (χ1v) is 7.82. The summed E-state index contributed by atoms with van der Waals surface area (Å²) < 4.78 is 3.19. The Labute approximate surface area is 127 Å². The number of likely N-dealkylation sites (tertiary alicyclic amines) is 1. The van der Waals surface area contributed by atoms with Gasteiger partial charge in [0.25, 0.3) is 0 Å². The minimum absolute atomic E-state index is 0.559. The summed E-state index contributed by atoms with van der Waals surface area (Å²) in [7, 11) is 2.03. The predicted octanol–water partition coefficient (Wildman–Crippen LogP) is 2.96. The second-order valence-corrected chi connectivity index (χ2v) is 6.39. The maximum absolute atomic E-state index is 4.25. The molecule has 5 heteroatoms. The monoisotopic (exact) mass is 334 g/mol. The molecule has 1 aliphatic rings. The van der Waals surface area contributed by atoms with E-state index >= 15 is 0 Å². The lowest BCUT2D eigenvalue weighted by atomic mass is 9.95. The molecule has 0 amide bonds. The van der Waals surface area contributed by atoms with Crippen LogP contribution in [-0.2, 0) is 13.6 Å². The lowest BCUT2D eigenvalue weighted by Gasteiger charge is -2.31. The Kier molecular flexibility index (Phi) is 4.17. The average Bonchev–Trinajstić information content (AvgIpc) is 2.89. The summed E-state index contributed by atoms with van der Waals surface area (Å²) in [6.07, 6.45) is 4.13. The molecule has 1 aromatic heterocycles. The molecular weight excluding hydrogens is 316 g/mol. The van der Waals surface area contributed by atoms with Crippen LogP contribution in [0.5, 0.6) is 0 Å². The van der Waals surface area contributed by atoms with E-state index in [1.807, 2.05) is 7.05 Å². The van der Waals surface area contributed by atoms with Crippen molar-refractivity contribution < 1.29 is 0 Å². The summed E-state index contributed by atoms with van der Waals surface area (Å²) in [6.45, 7) is 3.31. The number of nitrogens with zero attached hydrogens (tertiary/aromatic N) is 4. The molecule has 0 saturated carbocycles. The summed E-state index contributed by atoms with van der Waals surface area (Å²) in [5.41, 5.74) is 1.38. The van der Waals surface area contributed by atoms with Crippen LogP contribution >= 0.6 is 15.9 Å². The van der Waals surface area contributed by atoms with E-state index in [2.05, 4.69) is 59.9 Å². The third-order valence-electron chi connectivity index (χ3n) is 4.02. The molecule has 0 unspecified atom stereocenters. The zero-order chi connectivity index (χ0) is 13.9. The maximum atomic E-state index is 4.25. The number of aryl methyl sites for hydroxylation is 1. The van der Waals surface area contributed by atoms with E-state index < -0.39 is 0 Å². The molecule has 4 nitrogen and oxygen atoms in total. The SMILES string of the molecule is Cn1cnnc1C1CCN(Cc2ccc(Br)cc2)CC1. The highest BCUT2D eigenvalue weighted by atomic mass is 79.9. The topological polar surface area (TPSA) is 34.0 Å². The molecular formula is C15H19BrN4. The van der Waals surface area contributed by atoms with E-state index in [4.69, 9.17) is 0 Å². The minimum Gasteiger partial charge on any atom is -0.320 e. The zero-order valence-corrected chi connectivity index (χ0v) is 13.3. The predicted molar refractivity (Wildman–Crippen MR) is 82.4 cm³/mol. The average molecular weight is 335 g/mol. The van der Waals surface area contributed by atoms with Crippen molar-refractivity contribution in [2.45, 2.75) is 25.3 Å². The van der Waals surface area contributed by atoms with Gasteiger partial charge in [-0.25, -0.2) is 0 Å². The Morgan fingerprint density at radius 3 is 2.50 bits per heavy atom. The maximum Gasteiger partial charge on any atom is 0.135 e. The van der Waals surface area contributed by atoms with Crippen molar-refractivity contribution in [1.82, 2.24) is 19.7 Å². The van der Waals surface area contributed by atoms with Gasteiger partial charge in [-0.1, -0.05) is 28.1 Å². The molecule has 3 rings (SSSR count). The smallest absolute Gasteiger partial charge is 0.135 e.